The van der Waals surface area contributed by atoms with Crippen molar-refractivity contribution < 1.29 is 33.0 Å². The lowest BCUT2D eigenvalue weighted by Crippen LogP contribution is -2.56. The standard InChI is InChI=1S/C42H56FN7O6/c1-4-25(2)18-38(51)44-14-6-5-9-37-45-24-33(47-37)30-22-36-29(21-31(30)43)20-28-19-27(10-11-35(28)56-36)32-23-46-40(48-32)34-8-7-15-50(34)41(52)39(49-42(53)54-3)26-12-16-55-17-13-26/h10-11,19,21-22,25-26,32-34,39H,4-9,12-18,20,23-24H2,1-3H3,(H,44,51)(H,45,47)(H,46,48)(H,49,53)/t25-,32?,33?,34-,39-/m0/s1. The van der Waals surface area contributed by atoms with Crippen LogP contribution in [0.25, 0.3) is 0 Å². The highest BCUT2D eigenvalue weighted by molar-refractivity contribution is 5.95. The monoisotopic (exact) mass is 773 g/mol. The van der Waals surface area contributed by atoms with E-state index in [0.717, 1.165) is 72.6 Å². The minimum absolute atomic E-state index is 0.0283. The number of hydrogen-bond donors (Lipinski definition) is 4. The van der Waals surface area contributed by atoms with Gasteiger partial charge in [-0.15, -0.1) is 0 Å². The summed E-state index contributed by atoms with van der Waals surface area (Å²) in [6.07, 6.45) is 6.99. The van der Waals surface area contributed by atoms with Crippen molar-refractivity contribution in [2.45, 2.75) is 102 Å². The molecular formula is C42H56FN7O6. The maximum absolute atomic E-state index is 15.6. The first-order chi connectivity index (χ1) is 27.2. The Labute approximate surface area is 328 Å². The van der Waals surface area contributed by atoms with Crippen molar-refractivity contribution in [3.8, 4) is 11.5 Å². The molecule has 4 N–H and O–H groups in total. The van der Waals surface area contributed by atoms with Crippen LogP contribution in [0, 0.1) is 17.7 Å². The number of benzene rings is 2. The maximum Gasteiger partial charge on any atom is 0.407 e. The van der Waals surface area contributed by atoms with Crippen LogP contribution in [0.2, 0.25) is 0 Å². The first kappa shape index (κ1) is 39.5. The molecule has 2 aromatic rings. The van der Waals surface area contributed by atoms with Crippen LogP contribution in [-0.2, 0) is 25.5 Å². The average Bonchev–Trinajstić information content (AvgIpc) is 4.00. The Morgan fingerprint density at radius 3 is 2.62 bits per heavy atom. The van der Waals surface area contributed by atoms with E-state index in [9.17, 15) is 14.4 Å². The fraction of sp³-hybridized carbons (Fsp3) is 0.595. The zero-order valence-corrected chi connectivity index (χ0v) is 32.8. The summed E-state index contributed by atoms with van der Waals surface area (Å²) < 4.78 is 32.4. The summed E-state index contributed by atoms with van der Waals surface area (Å²) in [5.41, 5.74) is 3.35. The number of alkyl carbamates (subject to hydrolysis) is 1. The van der Waals surface area contributed by atoms with Crippen LogP contribution in [0.3, 0.4) is 0 Å². The lowest BCUT2D eigenvalue weighted by Gasteiger charge is -2.34. The summed E-state index contributed by atoms with van der Waals surface area (Å²) in [7, 11) is 1.31. The number of likely N-dealkylation sites (tertiary alicyclic amines) is 1. The van der Waals surface area contributed by atoms with Crippen molar-refractivity contribution >= 4 is 29.6 Å². The summed E-state index contributed by atoms with van der Waals surface area (Å²) in [5.74, 6) is 3.13. The van der Waals surface area contributed by atoms with Gasteiger partial charge in [0, 0.05) is 56.7 Å². The molecular weight excluding hydrogens is 718 g/mol. The van der Waals surface area contributed by atoms with E-state index in [1.54, 1.807) is 6.07 Å². The molecule has 5 atom stereocenters. The molecule has 0 saturated carbocycles. The highest BCUT2D eigenvalue weighted by Gasteiger charge is 2.41. The Kier molecular flexibility index (Phi) is 12.7. The lowest BCUT2D eigenvalue weighted by molar-refractivity contribution is -0.135. The number of fused-ring (bicyclic) bond motifs is 2. The molecule has 2 unspecified atom stereocenters. The molecule has 0 radical (unpaired) electrons. The van der Waals surface area contributed by atoms with Crippen molar-refractivity contribution in [3.05, 3.63) is 58.4 Å². The number of rotatable bonds is 14. The number of nitrogens with one attached hydrogen (secondary N) is 4. The number of amidine groups is 2. The van der Waals surface area contributed by atoms with Crippen LogP contribution in [0.5, 0.6) is 11.5 Å². The summed E-state index contributed by atoms with van der Waals surface area (Å²) in [5, 5.41) is 12.8. The van der Waals surface area contributed by atoms with Gasteiger partial charge in [0.15, 0.2) is 0 Å². The summed E-state index contributed by atoms with van der Waals surface area (Å²) in [6, 6.07) is 8.29. The van der Waals surface area contributed by atoms with Gasteiger partial charge in [-0.25, -0.2) is 9.18 Å². The zero-order chi connectivity index (χ0) is 39.2. The molecule has 5 aliphatic heterocycles. The van der Waals surface area contributed by atoms with Crippen molar-refractivity contribution in [1.29, 1.82) is 0 Å². The molecule has 5 heterocycles. The third-order valence-corrected chi connectivity index (χ3v) is 11.9. The Balaban J connectivity index is 0.926. The number of aliphatic imine (C=N–C) groups is 2. The Hall–Kier alpha value is -4.72. The van der Waals surface area contributed by atoms with E-state index in [2.05, 4.69) is 46.2 Å². The second-order valence-electron chi connectivity index (χ2n) is 15.8. The average molecular weight is 774 g/mol. The van der Waals surface area contributed by atoms with Crippen molar-refractivity contribution in [2.75, 3.05) is 46.5 Å². The first-order valence-corrected chi connectivity index (χ1v) is 20.4. The van der Waals surface area contributed by atoms with Gasteiger partial charge in [0.05, 0.1) is 44.2 Å². The lowest BCUT2D eigenvalue weighted by atomic mass is 9.90. The molecule has 0 bridgehead atoms. The molecule has 2 fully saturated rings. The molecule has 14 heteroatoms. The van der Waals surface area contributed by atoms with Crippen LogP contribution >= 0.6 is 0 Å². The maximum atomic E-state index is 15.6. The van der Waals surface area contributed by atoms with E-state index < -0.39 is 12.1 Å². The summed E-state index contributed by atoms with van der Waals surface area (Å²) in [4.78, 5) is 49.7. The quantitative estimate of drug-likeness (QED) is 0.157. The van der Waals surface area contributed by atoms with Crippen molar-refractivity contribution in [3.63, 3.8) is 0 Å². The smallest absolute Gasteiger partial charge is 0.407 e. The van der Waals surface area contributed by atoms with Gasteiger partial charge >= 0.3 is 6.09 Å². The molecule has 0 aromatic heterocycles. The Morgan fingerprint density at radius 1 is 1.02 bits per heavy atom. The molecule has 7 rings (SSSR count). The second-order valence-corrected chi connectivity index (χ2v) is 15.8. The van der Waals surface area contributed by atoms with Crippen LogP contribution in [-0.4, -0.2) is 93.1 Å². The molecule has 5 aliphatic rings. The van der Waals surface area contributed by atoms with Crippen molar-refractivity contribution in [1.82, 2.24) is 26.2 Å². The predicted molar refractivity (Wildman–Crippen MR) is 211 cm³/mol. The van der Waals surface area contributed by atoms with E-state index in [1.807, 2.05) is 23.1 Å². The molecule has 2 saturated heterocycles. The van der Waals surface area contributed by atoms with Crippen LogP contribution < -0.4 is 26.0 Å². The number of hydrogen-bond acceptors (Lipinski definition) is 10. The second kappa shape index (κ2) is 18.0. The largest absolute Gasteiger partial charge is 0.457 e. The van der Waals surface area contributed by atoms with Gasteiger partial charge in [0.1, 0.15) is 29.2 Å². The Bertz CT molecular complexity index is 1830. The number of amides is 3. The number of nitrogens with zero attached hydrogens (tertiary/aromatic N) is 3. The van der Waals surface area contributed by atoms with Gasteiger partial charge < -0.3 is 40.4 Å². The minimum Gasteiger partial charge on any atom is -0.457 e. The van der Waals surface area contributed by atoms with Gasteiger partial charge in [-0.2, -0.15) is 0 Å². The van der Waals surface area contributed by atoms with Crippen molar-refractivity contribution in [2.24, 2.45) is 21.8 Å². The topological polar surface area (TPSA) is 155 Å². The van der Waals surface area contributed by atoms with E-state index in [0.29, 0.717) is 82.3 Å². The Morgan fingerprint density at radius 2 is 1.82 bits per heavy atom. The normalized spacial score (nSPS) is 22.7. The van der Waals surface area contributed by atoms with Gasteiger partial charge in [-0.05, 0) is 85.8 Å². The number of carbonyl (C=O) groups excluding carboxylic acids is 3. The molecule has 56 heavy (non-hydrogen) atoms. The number of methoxy groups -OCH3 is 1. The molecule has 0 spiro atoms. The van der Waals surface area contributed by atoms with Crippen LogP contribution in [0.15, 0.2) is 40.3 Å². The van der Waals surface area contributed by atoms with Gasteiger partial charge in [0.2, 0.25) is 11.8 Å². The molecule has 3 amide bonds. The minimum atomic E-state index is -0.684. The fourth-order valence-corrected chi connectivity index (χ4v) is 8.45. The number of unbranched alkanes of at least 4 members (excludes halogenated alkanes) is 1. The third kappa shape index (κ3) is 9.11. The SMILES string of the molecule is CC[C@H](C)CC(=O)NCCCCC1=NCC(c2cc3c(cc2F)Cc2cc(C4CN=C([C@@H]5CCCN5C(=O)[C@@H](NC(=O)OC)C5CCOCC5)N4)ccc2O3)N1. The van der Waals surface area contributed by atoms with E-state index in [-0.39, 0.29) is 41.7 Å². The summed E-state index contributed by atoms with van der Waals surface area (Å²) in [6.45, 7) is 7.53. The van der Waals surface area contributed by atoms with Gasteiger partial charge in [-0.1, -0.05) is 26.3 Å². The van der Waals surface area contributed by atoms with E-state index in [4.69, 9.17) is 19.2 Å². The number of carbonyl (C=O) groups is 3. The molecule has 2 aromatic carbocycles. The summed E-state index contributed by atoms with van der Waals surface area (Å²) >= 11 is 0. The van der Waals surface area contributed by atoms with Gasteiger partial charge in [0.25, 0.3) is 0 Å². The fourth-order valence-electron chi connectivity index (χ4n) is 8.45. The molecule has 13 nitrogen and oxygen atoms in total. The van der Waals surface area contributed by atoms with Crippen LogP contribution in [0.4, 0.5) is 9.18 Å². The zero-order valence-electron chi connectivity index (χ0n) is 32.8. The predicted octanol–water partition coefficient (Wildman–Crippen LogP) is 5.47. The molecule has 0 aliphatic carbocycles. The van der Waals surface area contributed by atoms with E-state index in [1.165, 1.54) is 7.11 Å². The first-order valence-electron chi connectivity index (χ1n) is 20.4. The highest BCUT2D eigenvalue weighted by Crippen LogP contribution is 2.40. The third-order valence-electron chi connectivity index (χ3n) is 11.9. The van der Waals surface area contributed by atoms with E-state index >= 15 is 4.39 Å². The highest BCUT2D eigenvalue weighted by atomic mass is 19.1. The number of halogens is 1. The molecule has 302 valence electrons. The number of ether oxygens (including phenoxy) is 3. The van der Waals surface area contributed by atoms with Gasteiger partial charge in [-0.3, -0.25) is 19.6 Å². The van der Waals surface area contributed by atoms with Crippen LogP contribution in [0.1, 0.15) is 106 Å².